The quantitative estimate of drug-likeness (QED) is 0.835. The molecule has 0 N–H and O–H groups in total. The number of aromatic nitrogens is 2. The molecule has 6 heteroatoms. The summed E-state index contributed by atoms with van der Waals surface area (Å²) < 4.78 is 11.1. The van der Waals surface area contributed by atoms with Gasteiger partial charge in [0.25, 0.3) is 0 Å². The van der Waals surface area contributed by atoms with E-state index in [1.807, 2.05) is 49.1 Å². The van der Waals surface area contributed by atoms with Crippen LogP contribution in [0.2, 0.25) is 0 Å². The second-order valence-electron chi connectivity index (χ2n) is 6.17. The molecule has 1 atom stereocenters. The van der Waals surface area contributed by atoms with Gasteiger partial charge in [0, 0.05) is 43.3 Å². The van der Waals surface area contributed by atoms with Crippen molar-refractivity contribution in [2.24, 2.45) is 0 Å². The van der Waals surface area contributed by atoms with Crippen LogP contribution < -0.4 is 9.47 Å². The van der Waals surface area contributed by atoms with Gasteiger partial charge in [-0.2, -0.15) is 4.98 Å². The number of aryl methyl sites for hydroxylation is 1. The third kappa shape index (κ3) is 4.07. The molecule has 2 aromatic rings. The van der Waals surface area contributed by atoms with Gasteiger partial charge in [-0.3, -0.25) is 4.79 Å². The number of carbonyl (C=O) groups is 1. The molecule has 0 radical (unpaired) electrons. The summed E-state index contributed by atoms with van der Waals surface area (Å²) in [5, 5.41) is 0. The number of nitrogens with zero attached hydrogens (tertiary/aromatic N) is 3. The van der Waals surface area contributed by atoms with E-state index in [1.54, 1.807) is 7.11 Å². The first-order valence-corrected chi connectivity index (χ1v) is 8.54. The smallest absolute Gasteiger partial charge is 0.222 e. The number of carbonyl (C=O) groups excluding carboxylic acids is 1. The lowest BCUT2D eigenvalue weighted by Crippen LogP contribution is -2.27. The zero-order valence-electron chi connectivity index (χ0n) is 14.9. The summed E-state index contributed by atoms with van der Waals surface area (Å²) in [6, 6.07) is 9.22. The van der Waals surface area contributed by atoms with Crippen molar-refractivity contribution in [1.82, 2.24) is 14.9 Å². The van der Waals surface area contributed by atoms with E-state index in [0.29, 0.717) is 24.6 Å². The third-order valence-corrected chi connectivity index (χ3v) is 4.32. The maximum absolute atomic E-state index is 11.9. The Kier molecular flexibility index (Phi) is 5.16. The fraction of sp³-hybridized carbons (Fsp3) is 0.421. The molecule has 6 nitrogen and oxygen atoms in total. The monoisotopic (exact) mass is 341 g/mol. The highest BCUT2D eigenvalue weighted by atomic mass is 16.5. The minimum atomic E-state index is 0.156. The second kappa shape index (κ2) is 7.51. The van der Waals surface area contributed by atoms with Crippen LogP contribution >= 0.6 is 0 Å². The first kappa shape index (κ1) is 17.2. The number of hydrogen-bond acceptors (Lipinski definition) is 5. The molecule has 1 saturated heterocycles. The van der Waals surface area contributed by atoms with E-state index in [2.05, 4.69) is 9.97 Å². The molecule has 1 aromatic carbocycles. The second-order valence-corrected chi connectivity index (χ2v) is 6.17. The lowest BCUT2D eigenvalue weighted by Gasteiger charge is -2.15. The van der Waals surface area contributed by atoms with E-state index < -0.39 is 0 Å². The molecule has 132 valence electrons. The van der Waals surface area contributed by atoms with Crippen molar-refractivity contribution in [2.45, 2.75) is 32.6 Å². The van der Waals surface area contributed by atoms with Crippen LogP contribution in [-0.4, -0.2) is 41.0 Å². The van der Waals surface area contributed by atoms with E-state index in [4.69, 9.17) is 9.47 Å². The van der Waals surface area contributed by atoms with Gasteiger partial charge in [0.1, 0.15) is 17.3 Å². The molecule has 1 aromatic heterocycles. The van der Waals surface area contributed by atoms with Gasteiger partial charge < -0.3 is 14.4 Å². The van der Waals surface area contributed by atoms with Crippen LogP contribution in [0.1, 0.15) is 37.2 Å². The fourth-order valence-electron chi connectivity index (χ4n) is 3.00. The molecule has 2 heterocycles. The van der Waals surface area contributed by atoms with Crippen molar-refractivity contribution in [3.63, 3.8) is 0 Å². The minimum absolute atomic E-state index is 0.156. The minimum Gasteiger partial charge on any atom is -0.497 e. The Hall–Kier alpha value is -2.63. The van der Waals surface area contributed by atoms with E-state index in [-0.39, 0.29) is 11.8 Å². The van der Waals surface area contributed by atoms with Gasteiger partial charge in [0.05, 0.1) is 7.11 Å². The number of amides is 1. The van der Waals surface area contributed by atoms with Gasteiger partial charge in [-0.25, -0.2) is 4.98 Å². The molecular weight excluding hydrogens is 318 g/mol. The highest BCUT2D eigenvalue weighted by molar-refractivity contribution is 5.76. The molecule has 0 bridgehead atoms. The van der Waals surface area contributed by atoms with Crippen molar-refractivity contribution in [3.05, 3.63) is 41.9 Å². The van der Waals surface area contributed by atoms with Crippen molar-refractivity contribution >= 4 is 5.91 Å². The summed E-state index contributed by atoms with van der Waals surface area (Å²) in [4.78, 5) is 22.9. The summed E-state index contributed by atoms with van der Waals surface area (Å²) in [5.74, 6) is 2.98. The van der Waals surface area contributed by atoms with Crippen molar-refractivity contribution < 1.29 is 14.3 Å². The van der Waals surface area contributed by atoms with Crippen molar-refractivity contribution in [2.75, 3.05) is 20.2 Å². The summed E-state index contributed by atoms with van der Waals surface area (Å²) in [7, 11) is 1.62. The molecule has 1 aliphatic heterocycles. The summed E-state index contributed by atoms with van der Waals surface area (Å²) in [6.45, 7) is 5.25. The Morgan fingerprint density at radius 3 is 2.84 bits per heavy atom. The summed E-state index contributed by atoms with van der Waals surface area (Å²) >= 11 is 0. The average molecular weight is 341 g/mol. The zero-order valence-corrected chi connectivity index (χ0v) is 14.9. The van der Waals surface area contributed by atoms with Crippen LogP contribution in [0.3, 0.4) is 0 Å². The van der Waals surface area contributed by atoms with E-state index in [9.17, 15) is 4.79 Å². The van der Waals surface area contributed by atoms with Crippen LogP contribution in [-0.2, 0) is 4.79 Å². The largest absolute Gasteiger partial charge is 0.497 e. The number of rotatable bonds is 5. The van der Waals surface area contributed by atoms with Gasteiger partial charge in [-0.05, 0) is 25.5 Å². The SMILES string of the molecule is CCC(=O)N1CCC(c2nc(C)cc(Oc3cccc(OC)c3)n2)C1. The molecule has 0 aliphatic carbocycles. The Bertz CT molecular complexity index is 763. The van der Waals surface area contributed by atoms with Gasteiger partial charge in [0.15, 0.2) is 0 Å². The maximum atomic E-state index is 11.9. The van der Waals surface area contributed by atoms with Crippen LogP contribution in [0.25, 0.3) is 0 Å². The van der Waals surface area contributed by atoms with Crippen LogP contribution in [0.15, 0.2) is 30.3 Å². The Balaban J connectivity index is 1.78. The summed E-state index contributed by atoms with van der Waals surface area (Å²) in [5.41, 5.74) is 0.850. The predicted octanol–water partition coefficient (Wildman–Crippen LogP) is 3.31. The first-order chi connectivity index (χ1) is 12.1. The lowest BCUT2D eigenvalue weighted by atomic mass is 10.1. The Morgan fingerprint density at radius 1 is 1.28 bits per heavy atom. The number of ether oxygens (including phenoxy) is 2. The molecule has 1 unspecified atom stereocenters. The Labute approximate surface area is 147 Å². The standard InChI is InChI=1S/C19H23N3O3/c1-4-18(23)22-9-8-14(12-22)19-20-13(2)10-17(21-19)25-16-7-5-6-15(11-16)24-3/h5-7,10-11,14H,4,8-9,12H2,1-3H3. The normalized spacial score (nSPS) is 16.8. The fourth-order valence-corrected chi connectivity index (χ4v) is 3.00. The third-order valence-electron chi connectivity index (χ3n) is 4.32. The predicted molar refractivity (Wildman–Crippen MR) is 94.1 cm³/mol. The van der Waals surface area contributed by atoms with Crippen LogP contribution in [0.5, 0.6) is 17.4 Å². The molecule has 0 spiro atoms. The molecule has 1 amide bonds. The summed E-state index contributed by atoms with van der Waals surface area (Å²) in [6.07, 6.45) is 1.42. The number of benzene rings is 1. The molecule has 1 aliphatic rings. The number of likely N-dealkylation sites (tertiary alicyclic amines) is 1. The average Bonchev–Trinajstić information content (AvgIpc) is 3.11. The van der Waals surface area contributed by atoms with E-state index in [0.717, 1.165) is 30.2 Å². The van der Waals surface area contributed by atoms with Gasteiger partial charge in [0.2, 0.25) is 11.8 Å². The van der Waals surface area contributed by atoms with Crippen LogP contribution in [0, 0.1) is 6.92 Å². The van der Waals surface area contributed by atoms with Crippen LogP contribution in [0.4, 0.5) is 0 Å². The number of hydrogen-bond donors (Lipinski definition) is 0. The molecule has 3 rings (SSSR count). The first-order valence-electron chi connectivity index (χ1n) is 8.54. The molecule has 0 saturated carbocycles. The molecular formula is C19H23N3O3. The topological polar surface area (TPSA) is 64.6 Å². The van der Waals surface area contributed by atoms with Crippen molar-refractivity contribution in [3.8, 4) is 17.4 Å². The van der Waals surface area contributed by atoms with Gasteiger partial charge in [-0.15, -0.1) is 0 Å². The van der Waals surface area contributed by atoms with Crippen molar-refractivity contribution in [1.29, 1.82) is 0 Å². The Morgan fingerprint density at radius 2 is 2.08 bits per heavy atom. The zero-order chi connectivity index (χ0) is 17.8. The van der Waals surface area contributed by atoms with E-state index in [1.165, 1.54) is 0 Å². The lowest BCUT2D eigenvalue weighted by molar-refractivity contribution is -0.129. The number of methoxy groups -OCH3 is 1. The highest BCUT2D eigenvalue weighted by Gasteiger charge is 2.28. The maximum Gasteiger partial charge on any atom is 0.222 e. The molecule has 25 heavy (non-hydrogen) atoms. The van der Waals surface area contributed by atoms with Gasteiger partial charge >= 0.3 is 0 Å². The van der Waals surface area contributed by atoms with Gasteiger partial charge in [-0.1, -0.05) is 13.0 Å². The van der Waals surface area contributed by atoms with E-state index >= 15 is 0 Å². The highest BCUT2D eigenvalue weighted by Crippen LogP contribution is 2.29. The molecule has 1 fully saturated rings.